The molecule has 0 atom stereocenters. The fourth-order valence-electron chi connectivity index (χ4n) is 3.63. The first-order valence-electron chi connectivity index (χ1n) is 10.3. The molecule has 3 N–H and O–H groups in total. The summed E-state index contributed by atoms with van der Waals surface area (Å²) in [6, 6.07) is 23.3. The summed E-state index contributed by atoms with van der Waals surface area (Å²) in [4.78, 5) is 1.98. The number of ether oxygens (including phenoxy) is 1. The molecule has 0 saturated heterocycles. The lowest BCUT2D eigenvalue weighted by atomic mass is 10.1. The molecule has 0 unspecified atom stereocenters. The summed E-state index contributed by atoms with van der Waals surface area (Å²) in [6.07, 6.45) is 0. The van der Waals surface area contributed by atoms with Gasteiger partial charge < -0.3 is 25.0 Å². The molecule has 5 heteroatoms. The molecule has 0 fully saturated rings. The van der Waals surface area contributed by atoms with Crippen molar-refractivity contribution in [2.24, 2.45) is 0 Å². The van der Waals surface area contributed by atoms with Crippen molar-refractivity contribution in [3.05, 3.63) is 95.6 Å². The predicted octanol–water partition coefficient (Wildman–Crippen LogP) is 6.99. The first kappa shape index (κ1) is 21.1. The van der Waals surface area contributed by atoms with Gasteiger partial charge in [0.05, 0.1) is 11.4 Å². The lowest BCUT2D eigenvalue weighted by molar-refractivity contribution is 0.453. The Morgan fingerprint density at radius 1 is 0.656 bits per heavy atom. The van der Waals surface area contributed by atoms with E-state index in [2.05, 4.69) is 0 Å². The minimum Gasteiger partial charge on any atom is -0.508 e. The minimum atomic E-state index is 0.133. The third kappa shape index (κ3) is 4.05. The molecule has 0 aliphatic rings. The van der Waals surface area contributed by atoms with Crippen LogP contribution in [0.25, 0.3) is 0 Å². The van der Waals surface area contributed by atoms with Crippen LogP contribution in [0.4, 0.5) is 17.1 Å². The van der Waals surface area contributed by atoms with Crippen molar-refractivity contribution in [3.63, 3.8) is 0 Å². The second kappa shape index (κ2) is 8.55. The topological polar surface area (TPSA) is 73.2 Å². The monoisotopic (exact) mass is 427 g/mol. The summed E-state index contributed by atoms with van der Waals surface area (Å²) in [5, 5.41) is 30.5. The van der Waals surface area contributed by atoms with E-state index in [4.69, 9.17) is 4.74 Å². The lowest BCUT2D eigenvalue weighted by Gasteiger charge is -2.29. The Morgan fingerprint density at radius 2 is 1.25 bits per heavy atom. The van der Waals surface area contributed by atoms with Gasteiger partial charge in [0, 0.05) is 28.9 Å². The second-order valence-electron chi connectivity index (χ2n) is 7.73. The summed E-state index contributed by atoms with van der Waals surface area (Å²) in [7, 11) is 0. The van der Waals surface area contributed by atoms with Crippen molar-refractivity contribution in [1.29, 1.82) is 0 Å². The predicted molar refractivity (Wildman–Crippen MR) is 127 cm³/mol. The largest absolute Gasteiger partial charge is 0.508 e. The third-order valence-electron chi connectivity index (χ3n) is 5.51. The molecule has 0 aromatic heterocycles. The summed E-state index contributed by atoms with van der Waals surface area (Å²) in [6.45, 7) is 5.62. The van der Waals surface area contributed by atoms with Crippen molar-refractivity contribution in [1.82, 2.24) is 0 Å². The Labute approximate surface area is 187 Å². The van der Waals surface area contributed by atoms with E-state index < -0.39 is 0 Å². The Morgan fingerprint density at radius 3 is 1.88 bits per heavy atom. The minimum absolute atomic E-state index is 0.133. The molecule has 4 aromatic carbocycles. The molecule has 32 heavy (non-hydrogen) atoms. The molecular weight excluding hydrogens is 402 g/mol. The van der Waals surface area contributed by atoms with Crippen molar-refractivity contribution in [2.75, 3.05) is 4.90 Å². The maximum absolute atomic E-state index is 10.3. The molecule has 4 aromatic rings. The van der Waals surface area contributed by atoms with Gasteiger partial charge in [-0.15, -0.1) is 0 Å². The molecule has 0 radical (unpaired) electrons. The van der Waals surface area contributed by atoms with E-state index >= 15 is 0 Å². The summed E-state index contributed by atoms with van der Waals surface area (Å²) >= 11 is 0. The van der Waals surface area contributed by atoms with Gasteiger partial charge in [0.25, 0.3) is 0 Å². The zero-order valence-electron chi connectivity index (χ0n) is 18.2. The molecule has 0 aliphatic heterocycles. The van der Waals surface area contributed by atoms with Gasteiger partial charge in [-0.3, -0.25) is 0 Å². The summed E-state index contributed by atoms with van der Waals surface area (Å²) in [5.74, 6) is 1.67. The first-order valence-corrected chi connectivity index (χ1v) is 10.3. The Bertz CT molecular complexity index is 1230. The zero-order valence-corrected chi connectivity index (χ0v) is 18.2. The molecular formula is C27H25NO4. The molecule has 0 spiro atoms. The van der Waals surface area contributed by atoms with Crippen LogP contribution in [-0.4, -0.2) is 15.3 Å². The Balaban J connectivity index is 1.85. The van der Waals surface area contributed by atoms with Gasteiger partial charge in [-0.25, -0.2) is 0 Å². The molecule has 4 rings (SSSR count). The Kier molecular flexibility index (Phi) is 5.65. The van der Waals surface area contributed by atoms with E-state index in [1.807, 2.05) is 62.1 Å². The number of hydrogen-bond donors (Lipinski definition) is 3. The molecule has 5 nitrogen and oxygen atoms in total. The van der Waals surface area contributed by atoms with Gasteiger partial charge in [0.15, 0.2) is 0 Å². The number of aromatic hydroxyl groups is 3. The van der Waals surface area contributed by atoms with Crippen LogP contribution in [-0.2, 0) is 0 Å². The summed E-state index contributed by atoms with van der Waals surface area (Å²) < 4.78 is 6.08. The number of anilines is 3. The number of phenols is 3. The maximum Gasteiger partial charge on any atom is 0.134 e. The normalized spacial score (nSPS) is 10.7. The Hall–Kier alpha value is -4.12. The standard InChI is InChI=1S/C27H25NO4/c1-17-13-14-21(29)16-27(17)32-22-8-4-7-20(15-22)28(23-9-5-11-25(30)18(23)2)24-10-6-12-26(31)19(24)3/h4-16,29-31H,1-3H3. The van der Waals surface area contributed by atoms with Gasteiger partial charge in [0.1, 0.15) is 28.7 Å². The number of rotatable bonds is 5. The molecule has 0 amide bonds. The van der Waals surface area contributed by atoms with Crippen molar-refractivity contribution in [3.8, 4) is 28.7 Å². The molecule has 0 heterocycles. The number of benzene rings is 4. The van der Waals surface area contributed by atoms with E-state index in [9.17, 15) is 15.3 Å². The van der Waals surface area contributed by atoms with Gasteiger partial charge in [-0.1, -0.05) is 24.3 Å². The number of phenolic OH excluding ortho intramolecular Hbond substituents is 3. The maximum atomic E-state index is 10.3. The molecule has 162 valence electrons. The van der Waals surface area contributed by atoms with Crippen LogP contribution >= 0.6 is 0 Å². The van der Waals surface area contributed by atoms with Crippen LogP contribution in [0.1, 0.15) is 16.7 Å². The van der Waals surface area contributed by atoms with Crippen LogP contribution in [0.15, 0.2) is 78.9 Å². The molecule has 0 saturated carbocycles. The highest BCUT2D eigenvalue weighted by Gasteiger charge is 2.19. The zero-order chi connectivity index (χ0) is 22.8. The lowest BCUT2D eigenvalue weighted by Crippen LogP contribution is -2.12. The van der Waals surface area contributed by atoms with Gasteiger partial charge in [-0.05, 0) is 68.8 Å². The van der Waals surface area contributed by atoms with E-state index in [-0.39, 0.29) is 17.2 Å². The number of nitrogens with zero attached hydrogens (tertiary/aromatic N) is 1. The van der Waals surface area contributed by atoms with Crippen molar-refractivity contribution >= 4 is 17.1 Å². The fourth-order valence-corrected chi connectivity index (χ4v) is 3.63. The summed E-state index contributed by atoms with van der Waals surface area (Å²) in [5.41, 5.74) is 4.69. The van der Waals surface area contributed by atoms with E-state index in [1.54, 1.807) is 42.5 Å². The molecule has 0 aliphatic carbocycles. The first-order chi connectivity index (χ1) is 15.3. The van der Waals surface area contributed by atoms with E-state index in [0.717, 1.165) is 22.6 Å². The van der Waals surface area contributed by atoms with Crippen molar-refractivity contribution in [2.45, 2.75) is 20.8 Å². The molecule has 0 bridgehead atoms. The fraction of sp³-hybridized carbons (Fsp3) is 0.111. The van der Waals surface area contributed by atoms with Crippen LogP contribution in [0.3, 0.4) is 0 Å². The van der Waals surface area contributed by atoms with Crippen molar-refractivity contribution < 1.29 is 20.1 Å². The highest BCUT2D eigenvalue weighted by atomic mass is 16.5. The SMILES string of the molecule is Cc1ccc(O)cc1Oc1cccc(N(c2cccc(O)c2C)c2cccc(O)c2C)c1. The van der Waals surface area contributed by atoms with Crippen LogP contribution in [0.2, 0.25) is 0 Å². The highest BCUT2D eigenvalue weighted by Crippen LogP contribution is 2.43. The quantitative estimate of drug-likeness (QED) is 0.320. The van der Waals surface area contributed by atoms with Gasteiger partial charge in [-0.2, -0.15) is 0 Å². The van der Waals surface area contributed by atoms with Crippen LogP contribution in [0, 0.1) is 20.8 Å². The third-order valence-corrected chi connectivity index (χ3v) is 5.51. The number of aryl methyl sites for hydroxylation is 1. The van der Waals surface area contributed by atoms with E-state index in [1.165, 1.54) is 0 Å². The average molecular weight is 428 g/mol. The second-order valence-corrected chi connectivity index (χ2v) is 7.73. The smallest absolute Gasteiger partial charge is 0.134 e. The van der Waals surface area contributed by atoms with Crippen LogP contribution in [0.5, 0.6) is 28.7 Å². The van der Waals surface area contributed by atoms with Gasteiger partial charge in [0.2, 0.25) is 0 Å². The average Bonchev–Trinajstić information content (AvgIpc) is 2.77. The van der Waals surface area contributed by atoms with Gasteiger partial charge >= 0.3 is 0 Å². The number of hydrogen-bond acceptors (Lipinski definition) is 5. The van der Waals surface area contributed by atoms with E-state index in [0.29, 0.717) is 22.6 Å². The highest BCUT2D eigenvalue weighted by molar-refractivity contribution is 5.82. The van der Waals surface area contributed by atoms with Crippen LogP contribution < -0.4 is 9.64 Å².